The summed E-state index contributed by atoms with van der Waals surface area (Å²) in [5.74, 6) is -0.00376. The Hall–Kier alpha value is -1.55. The molecule has 1 rings (SSSR count). The molecule has 112 valence electrons. The highest BCUT2D eigenvalue weighted by molar-refractivity contribution is 5.99. The Morgan fingerprint density at radius 2 is 1.95 bits per heavy atom. The molecule has 0 aliphatic carbocycles. The Morgan fingerprint density at radius 3 is 2.70 bits per heavy atom. The zero-order valence-corrected chi connectivity index (χ0v) is 12.6. The van der Waals surface area contributed by atoms with Gasteiger partial charge in [0.15, 0.2) is 0 Å². The normalized spacial score (nSPS) is 10.3. The second-order valence-electron chi connectivity index (χ2n) is 4.78. The molecule has 0 aliphatic rings. The van der Waals surface area contributed by atoms with Crippen LogP contribution in [-0.4, -0.2) is 32.7 Å². The molecular formula is C16H26N2O2. The monoisotopic (exact) mass is 278 g/mol. The molecule has 0 spiro atoms. The molecule has 0 saturated carbocycles. The van der Waals surface area contributed by atoms with E-state index in [1.807, 2.05) is 24.3 Å². The topological polar surface area (TPSA) is 50.4 Å². The SMILES string of the molecule is CCCNc1ccccc1C(=O)NCCCCCOC. The quantitative estimate of drug-likeness (QED) is 0.647. The summed E-state index contributed by atoms with van der Waals surface area (Å²) in [6.45, 7) is 4.49. The number of ether oxygens (including phenoxy) is 1. The second-order valence-corrected chi connectivity index (χ2v) is 4.78. The van der Waals surface area contributed by atoms with Gasteiger partial charge in [0, 0.05) is 32.5 Å². The minimum atomic E-state index is -0.00376. The molecule has 0 aromatic heterocycles. The maximum Gasteiger partial charge on any atom is 0.253 e. The fourth-order valence-corrected chi connectivity index (χ4v) is 1.94. The number of carbonyl (C=O) groups excluding carboxylic acids is 1. The van der Waals surface area contributed by atoms with Crippen molar-refractivity contribution in [1.82, 2.24) is 5.32 Å². The Kier molecular flexibility index (Phi) is 8.47. The molecule has 1 amide bonds. The van der Waals surface area contributed by atoms with Crippen molar-refractivity contribution < 1.29 is 9.53 Å². The van der Waals surface area contributed by atoms with Crippen LogP contribution in [0.25, 0.3) is 0 Å². The smallest absolute Gasteiger partial charge is 0.253 e. The number of rotatable bonds is 10. The first-order valence-corrected chi connectivity index (χ1v) is 7.39. The van der Waals surface area contributed by atoms with E-state index in [1.54, 1.807) is 7.11 Å². The first-order chi connectivity index (χ1) is 9.79. The van der Waals surface area contributed by atoms with Crippen LogP contribution in [0.5, 0.6) is 0 Å². The second kappa shape index (κ2) is 10.3. The highest BCUT2D eigenvalue weighted by Gasteiger charge is 2.09. The summed E-state index contributed by atoms with van der Waals surface area (Å²) in [7, 11) is 1.71. The van der Waals surface area contributed by atoms with Crippen LogP contribution in [0.2, 0.25) is 0 Å². The zero-order valence-electron chi connectivity index (χ0n) is 12.6. The summed E-state index contributed by atoms with van der Waals surface area (Å²) in [6, 6.07) is 7.64. The lowest BCUT2D eigenvalue weighted by Crippen LogP contribution is -2.25. The number of amides is 1. The van der Waals surface area contributed by atoms with Gasteiger partial charge in [-0.3, -0.25) is 4.79 Å². The summed E-state index contributed by atoms with van der Waals surface area (Å²) >= 11 is 0. The van der Waals surface area contributed by atoms with Crippen LogP contribution >= 0.6 is 0 Å². The van der Waals surface area contributed by atoms with Crippen LogP contribution in [0.3, 0.4) is 0 Å². The molecule has 0 fully saturated rings. The van der Waals surface area contributed by atoms with Gasteiger partial charge in [0.25, 0.3) is 5.91 Å². The number of nitrogens with one attached hydrogen (secondary N) is 2. The first-order valence-electron chi connectivity index (χ1n) is 7.39. The van der Waals surface area contributed by atoms with E-state index < -0.39 is 0 Å². The molecule has 0 radical (unpaired) electrons. The summed E-state index contributed by atoms with van der Waals surface area (Å²) in [5, 5.41) is 6.26. The van der Waals surface area contributed by atoms with Crippen LogP contribution in [0, 0.1) is 0 Å². The van der Waals surface area contributed by atoms with E-state index in [4.69, 9.17) is 4.74 Å². The molecule has 0 heterocycles. The van der Waals surface area contributed by atoms with Crippen LogP contribution < -0.4 is 10.6 Å². The molecule has 4 nitrogen and oxygen atoms in total. The number of methoxy groups -OCH3 is 1. The highest BCUT2D eigenvalue weighted by atomic mass is 16.5. The zero-order chi connectivity index (χ0) is 14.6. The van der Waals surface area contributed by atoms with Crippen molar-refractivity contribution >= 4 is 11.6 Å². The number of carbonyl (C=O) groups is 1. The van der Waals surface area contributed by atoms with Crippen molar-refractivity contribution in [2.24, 2.45) is 0 Å². The minimum absolute atomic E-state index is 0.00376. The Balaban J connectivity index is 2.38. The van der Waals surface area contributed by atoms with Crippen molar-refractivity contribution in [1.29, 1.82) is 0 Å². The van der Waals surface area contributed by atoms with Crippen LogP contribution in [0.15, 0.2) is 24.3 Å². The van der Waals surface area contributed by atoms with Gasteiger partial charge in [-0.05, 0) is 37.8 Å². The van der Waals surface area contributed by atoms with Crippen molar-refractivity contribution in [2.75, 3.05) is 32.1 Å². The van der Waals surface area contributed by atoms with E-state index in [9.17, 15) is 4.79 Å². The number of hydrogen-bond acceptors (Lipinski definition) is 3. The van der Waals surface area contributed by atoms with E-state index in [0.29, 0.717) is 6.54 Å². The van der Waals surface area contributed by atoms with Gasteiger partial charge in [-0.2, -0.15) is 0 Å². The maximum absolute atomic E-state index is 12.1. The largest absolute Gasteiger partial charge is 0.385 e. The first kappa shape index (κ1) is 16.5. The predicted molar refractivity (Wildman–Crippen MR) is 83.3 cm³/mol. The lowest BCUT2D eigenvalue weighted by atomic mass is 10.1. The van der Waals surface area contributed by atoms with Crippen LogP contribution in [-0.2, 0) is 4.74 Å². The molecule has 0 atom stereocenters. The standard InChI is InChI=1S/C16H26N2O2/c1-3-11-17-15-10-6-5-9-14(15)16(19)18-12-7-4-8-13-20-2/h5-6,9-10,17H,3-4,7-8,11-13H2,1-2H3,(H,18,19). The fraction of sp³-hybridized carbons (Fsp3) is 0.562. The van der Waals surface area contributed by atoms with E-state index in [2.05, 4.69) is 17.6 Å². The minimum Gasteiger partial charge on any atom is -0.385 e. The maximum atomic E-state index is 12.1. The summed E-state index contributed by atoms with van der Waals surface area (Å²) in [5.41, 5.74) is 1.63. The Labute approximate surface area is 121 Å². The number of hydrogen-bond donors (Lipinski definition) is 2. The summed E-state index contributed by atoms with van der Waals surface area (Å²) in [4.78, 5) is 12.1. The van der Waals surface area contributed by atoms with Crippen molar-refractivity contribution in [3.63, 3.8) is 0 Å². The number of anilines is 1. The molecule has 0 unspecified atom stereocenters. The van der Waals surface area contributed by atoms with Crippen molar-refractivity contribution in [3.8, 4) is 0 Å². The molecule has 0 aliphatic heterocycles. The van der Waals surface area contributed by atoms with Crippen LogP contribution in [0.1, 0.15) is 43.0 Å². The van der Waals surface area contributed by atoms with Gasteiger partial charge < -0.3 is 15.4 Å². The fourth-order valence-electron chi connectivity index (χ4n) is 1.94. The van der Waals surface area contributed by atoms with Gasteiger partial charge in [-0.25, -0.2) is 0 Å². The van der Waals surface area contributed by atoms with Gasteiger partial charge in [-0.15, -0.1) is 0 Å². The third-order valence-electron chi connectivity index (χ3n) is 3.05. The average Bonchev–Trinajstić information content (AvgIpc) is 2.48. The third-order valence-corrected chi connectivity index (χ3v) is 3.05. The number of unbranched alkanes of at least 4 members (excludes halogenated alkanes) is 2. The van der Waals surface area contributed by atoms with Gasteiger partial charge in [0.2, 0.25) is 0 Å². The Morgan fingerprint density at radius 1 is 1.15 bits per heavy atom. The summed E-state index contributed by atoms with van der Waals surface area (Å²) in [6.07, 6.45) is 4.14. The highest BCUT2D eigenvalue weighted by Crippen LogP contribution is 2.14. The number of benzene rings is 1. The van der Waals surface area contributed by atoms with E-state index >= 15 is 0 Å². The third kappa shape index (κ3) is 6.06. The van der Waals surface area contributed by atoms with Gasteiger partial charge in [0.1, 0.15) is 0 Å². The van der Waals surface area contributed by atoms with Crippen molar-refractivity contribution in [3.05, 3.63) is 29.8 Å². The lowest BCUT2D eigenvalue weighted by Gasteiger charge is -2.11. The van der Waals surface area contributed by atoms with Gasteiger partial charge in [0.05, 0.1) is 5.56 Å². The molecule has 4 heteroatoms. The Bertz CT molecular complexity index is 394. The number of para-hydroxylation sites is 1. The molecule has 1 aromatic rings. The van der Waals surface area contributed by atoms with E-state index in [-0.39, 0.29) is 5.91 Å². The van der Waals surface area contributed by atoms with Crippen molar-refractivity contribution in [2.45, 2.75) is 32.6 Å². The van der Waals surface area contributed by atoms with E-state index in [1.165, 1.54) is 0 Å². The predicted octanol–water partition coefficient (Wildman–Crippen LogP) is 3.06. The molecule has 1 aromatic carbocycles. The van der Waals surface area contributed by atoms with Gasteiger partial charge in [-0.1, -0.05) is 19.1 Å². The molecule has 20 heavy (non-hydrogen) atoms. The lowest BCUT2D eigenvalue weighted by molar-refractivity contribution is 0.0953. The average molecular weight is 278 g/mol. The molecule has 2 N–H and O–H groups in total. The molecular weight excluding hydrogens is 252 g/mol. The molecule has 0 bridgehead atoms. The van der Waals surface area contributed by atoms with Gasteiger partial charge >= 0.3 is 0 Å². The van der Waals surface area contributed by atoms with Crippen LogP contribution in [0.4, 0.5) is 5.69 Å². The molecule has 0 saturated heterocycles. The summed E-state index contributed by atoms with van der Waals surface area (Å²) < 4.78 is 5.00. The van der Waals surface area contributed by atoms with E-state index in [0.717, 1.165) is 50.1 Å².